The van der Waals surface area contributed by atoms with E-state index in [9.17, 15) is 9.18 Å². The first-order valence-corrected chi connectivity index (χ1v) is 6.33. The van der Waals surface area contributed by atoms with Crippen LogP contribution in [0.15, 0.2) is 4.79 Å². The molecular weight excluding hydrogens is 249 g/mol. The van der Waals surface area contributed by atoms with Crippen molar-refractivity contribution in [1.82, 2.24) is 19.7 Å². The molecule has 0 aliphatic heterocycles. The van der Waals surface area contributed by atoms with Gasteiger partial charge >= 0.3 is 0 Å². The van der Waals surface area contributed by atoms with Crippen LogP contribution in [-0.2, 0) is 13.2 Å². The first-order valence-electron chi connectivity index (χ1n) is 6.33. The number of nitrogens with one attached hydrogen (secondary N) is 1. The molecule has 0 aromatic carbocycles. The maximum Gasteiger partial charge on any atom is 0.263 e. The van der Waals surface area contributed by atoms with Gasteiger partial charge in [0.15, 0.2) is 5.65 Å². The molecule has 0 bridgehead atoms. The van der Waals surface area contributed by atoms with Gasteiger partial charge in [0.05, 0.1) is 0 Å². The molecule has 1 saturated carbocycles. The molecule has 2 aromatic rings. The molecule has 1 fully saturated rings. The summed E-state index contributed by atoms with van der Waals surface area (Å²) in [7, 11) is 3.59. The molecule has 2 heterocycles. The van der Waals surface area contributed by atoms with E-state index < -0.39 is 6.67 Å². The van der Waals surface area contributed by atoms with E-state index in [0.717, 1.165) is 12.8 Å². The van der Waals surface area contributed by atoms with Gasteiger partial charge in [-0.2, -0.15) is 10.1 Å². The summed E-state index contributed by atoms with van der Waals surface area (Å²) < 4.78 is 14.7. The lowest BCUT2D eigenvalue weighted by Crippen LogP contribution is -2.19. The van der Waals surface area contributed by atoms with E-state index >= 15 is 0 Å². The highest BCUT2D eigenvalue weighted by Gasteiger charge is 2.25. The monoisotopic (exact) mass is 265 g/mol. The van der Waals surface area contributed by atoms with E-state index in [-0.39, 0.29) is 16.6 Å². The summed E-state index contributed by atoms with van der Waals surface area (Å²) in [6.45, 7) is -0.0416. The van der Waals surface area contributed by atoms with Gasteiger partial charge in [0.25, 0.3) is 5.56 Å². The number of hydrogen-bond acceptors (Lipinski definition) is 4. The zero-order valence-electron chi connectivity index (χ0n) is 11.0. The molecule has 1 aliphatic rings. The van der Waals surface area contributed by atoms with Crippen molar-refractivity contribution in [3.63, 3.8) is 0 Å². The number of hydrogen-bond donors (Lipinski definition) is 1. The normalized spacial score (nSPS) is 15.1. The third-order valence-corrected chi connectivity index (χ3v) is 3.34. The minimum Gasteiger partial charge on any atom is -0.348 e. The first-order chi connectivity index (χ1) is 9.10. The number of alkyl halides is 1. The molecule has 0 radical (unpaired) electrons. The average Bonchev–Trinajstić information content (AvgIpc) is 3.11. The Bertz CT molecular complexity index is 671. The second kappa shape index (κ2) is 4.32. The fraction of sp³-hybridized carbons (Fsp3) is 0.583. The molecule has 6 nitrogen and oxygen atoms in total. The van der Waals surface area contributed by atoms with E-state index in [1.54, 1.807) is 23.7 Å². The lowest BCUT2D eigenvalue weighted by molar-refractivity contribution is 0.466. The maximum absolute atomic E-state index is 13.0. The summed E-state index contributed by atoms with van der Waals surface area (Å²) in [5.41, 5.74) is 0.324. The van der Waals surface area contributed by atoms with Gasteiger partial charge in [-0.3, -0.25) is 9.78 Å². The van der Waals surface area contributed by atoms with Crippen molar-refractivity contribution < 1.29 is 4.39 Å². The van der Waals surface area contributed by atoms with Crippen LogP contribution in [0, 0.1) is 5.92 Å². The lowest BCUT2D eigenvalue weighted by Gasteiger charge is -2.10. The third-order valence-electron chi connectivity index (χ3n) is 3.34. The molecule has 7 heteroatoms. The van der Waals surface area contributed by atoms with E-state index in [0.29, 0.717) is 24.1 Å². The molecule has 3 rings (SSSR count). The van der Waals surface area contributed by atoms with Crippen LogP contribution in [0.25, 0.3) is 11.0 Å². The lowest BCUT2D eigenvalue weighted by atomic mass is 10.3. The molecule has 102 valence electrons. The van der Waals surface area contributed by atoms with Crippen LogP contribution >= 0.6 is 0 Å². The molecular formula is C12H16FN5O. The first kappa shape index (κ1) is 12.1. The largest absolute Gasteiger partial charge is 0.348 e. The Morgan fingerprint density at radius 2 is 2.21 bits per heavy atom. The number of anilines is 1. The number of halogens is 1. The van der Waals surface area contributed by atoms with Crippen LogP contribution in [0.5, 0.6) is 0 Å². The second-order valence-electron chi connectivity index (χ2n) is 5.19. The summed E-state index contributed by atoms with van der Waals surface area (Å²) >= 11 is 0. The van der Waals surface area contributed by atoms with E-state index in [1.807, 2.05) is 0 Å². The Hall–Kier alpha value is -1.92. The van der Waals surface area contributed by atoms with Gasteiger partial charge in [-0.05, 0) is 18.8 Å². The van der Waals surface area contributed by atoms with E-state index in [1.165, 1.54) is 0 Å². The third kappa shape index (κ3) is 2.09. The molecule has 19 heavy (non-hydrogen) atoms. The highest BCUT2D eigenvalue weighted by molar-refractivity contribution is 5.78. The topological polar surface area (TPSA) is 66.8 Å². The Labute approximate surface area is 109 Å². The zero-order valence-corrected chi connectivity index (χ0v) is 11.0. The standard InChI is InChI=1S/C12H16FN5O/c1-17(2)12-14-10-9(11(19)15-12)8(5-13)16-18(10)6-7-3-4-7/h7H,3-6H2,1-2H3,(H,14,15,19). The zero-order chi connectivity index (χ0) is 13.6. The summed E-state index contributed by atoms with van der Waals surface area (Å²) in [4.78, 5) is 20.8. The molecule has 0 unspecified atom stereocenters. The fourth-order valence-electron chi connectivity index (χ4n) is 2.12. The Morgan fingerprint density at radius 1 is 1.47 bits per heavy atom. The van der Waals surface area contributed by atoms with Crippen LogP contribution < -0.4 is 10.5 Å². The molecule has 0 spiro atoms. The molecule has 2 aromatic heterocycles. The minimum atomic E-state index is -0.750. The van der Waals surface area contributed by atoms with Gasteiger partial charge < -0.3 is 4.90 Å². The maximum atomic E-state index is 13.0. The van der Waals surface area contributed by atoms with Crippen LogP contribution in [0.3, 0.4) is 0 Å². The van der Waals surface area contributed by atoms with Crippen molar-refractivity contribution in [2.75, 3.05) is 19.0 Å². The number of nitrogens with zero attached hydrogens (tertiary/aromatic N) is 4. The van der Waals surface area contributed by atoms with Crippen molar-refractivity contribution in [1.29, 1.82) is 0 Å². The fourth-order valence-corrected chi connectivity index (χ4v) is 2.12. The summed E-state index contributed by atoms with van der Waals surface area (Å²) in [5.74, 6) is 1.04. The molecule has 0 amide bonds. The highest BCUT2D eigenvalue weighted by Crippen LogP contribution is 2.31. The Kier molecular flexibility index (Phi) is 2.76. The number of H-pyrrole nitrogens is 1. The molecule has 1 aliphatic carbocycles. The predicted molar refractivity (Wildman–Crippen MR) is 70.0 cm³/mol. The smallest absolute Gasteiger partial charge is 0.263 e. The van der Waals surface area contributed by atoms with E-state index in [2.05, 4.69) is 15.1 Å². The van der Waals surface area contributed by atoms with Gasteiger partial charge in [-0.25, -0.2) is 9.07 Å². The van der Waals surface area contributed by atoms with E-state index in [4.69, 9.17) is 0 Å². The number of aromatic nitrogens is 4. The molecule has 0 atom stereocenters. The average molecular weight is 265 g/mol. The summed E-state index contributed by atoms with van der Waals surface area (Å²) in [5, 5.41) is 4.46. The van der Waals surface area contributed by atoms with Gasteiger partial charge in [0, 0.05) is 20.6 Å². The minimum absolute atomic E-state index is 0.176. The van der Waals surface area contributed by atoms with Crippen molar-refractivity contribution in [3.05, 3.63) is 16.0 Å². The summed E-state index contributed by atoms with van der Waals surface area (Å²) in [6.07, 6.45) is 2.33. The van der Waals surface area contributed by atoms with Crippen LogP contribution in [-0.4, -0.2) is 33.8 Å². The molecule has 1 N–H and O–H groups in total. The van der Waals surface area contributed by atoms with Crippen LogP contribution in [0.2, 0.25) is 0 Å². The number of fused-ring (bicyclic) bond motifs is 1. The van der Waals surface area contributed by atoms with Crippen molar-refractivity contribution in [3.8, 4) is 0 Å². The van der Waals surface area contributed by atoms with Gasteiger partial charge in [0.2, 0.25) is 5.95 Å². The van der Waals surface area contributed by atoms with Crippen molar-refractivity contribution in [2.45, 2.75) is 26.1 Å². The van der Waals surface area contributed by atoms with Gasteiger partial charge in [-0.15, -0.1) is 0 Å². The van der Waals surface area contributed by atoms with Crippen LogP contribution in [0.1, 0.15) is 18.5 Å². The quantitative estimate of drug-likeness (QED) is 0.897. The number of rotatable bonds is 4. The second-order valence-corrected chi connectivity index (χ2v) is 5.19. The highest BCUT2D eigenvalue weighted by atomic mass is 19.1. The molecule has 0 saturated heterocycles. The predicted octanol–water partition coefficient (Wildman–Crippen LogP) is 1.07. The van der Waals surface area contributed by atoms with Crippen molar-refractivity contribution in [2.24, 2.45) is 5.92 Å². The Balaban J connectivity index is 2.21. The van der Waals surface area contributed by atoms with Crippen molar-refractivity contribution >= 4 is 17.0 Å². The van der Waals surface area contributed by atoms with Gasteiger partial charge in [0.1, 0.15) is 17.8 Å². The SMILES string of the molecule is CN(C)c1nc2c(c(CF)nn2CC2CC2)c(=O)[nH]1. The summed E-state index contributed by atoms with van der Waals surface area (Å²) in [6, 6.07) is 0. The van der Waals surface area contributed by atoms with Gasteiger partial charge in [-0.1, -0.05) is 0 Å². The van der Waals surface area contributed by atoms with Crippen LogP contribution in [0.4, 0.5) is 10.3 Å². The Morgan fingerprint density at radius 3 is 2.79 bits per heavy atom. The number of aromatic amines is 1.